The van der Waals surface area contributed by atoms with E-state index < -0.39 is 6.10 Å². The number of carbonyl (C=O) groups is 1. The number of rotatable bonds is 3. The zero-order valence-electron chi connectivity index (χ0n) is 9.05. The standard InChI is InChI=1S/C9H12N6O2/c10-13-12-3-9(17)15-4-7(8(16)5-15)14-2-1-11-6-14/h1-2,6-8,16H,3-5H2/t7-,8+/m1/s1. The molecule has 1 aromatic rings. The Morgan fingerprint density at radius 2 is 2.47 bits per heavy atom. The molecule has 0 aliphatic carbocycles. The summed E-state index contributed by atoms with van der Waals surface area (Å²) in [7, 11) is 0. The number of aliphatic hydroxyl groups excluding tert-OH is 1. The molecule has 8 heteroatoms. The molecule has 0 unspecified atom stereocenters. The van der Waals surface area contributed by atoms with E-state index in [1.165, 1.54) is 4.90 Å². The molecule has 1 aliphatic heterocycles. The molecule has 0 spiro atoms. The van der Waals surface area contributed by atoms with Crippen molar-refractivity contribution in [2.75, 3.05) is 19.6 Å². The van der Waals surface area contributed by atoms with Gasteiger partial charge in [-0.1, -0.05) is 5.11 Å². The summed E-state index contributed by atoms with van der Waals surface area (Å²) < 4.78 is 1.77. The van der Waals surface area contributed by atoms with Gasteiger partial charge in [0.1, 0.15) is 6.54 Å². The average molecular weight is 236 g/mol. The van der Waals surface area contributed by atoms with Gasteiger partial charge in [-0.05, 0) is 5.53 Å². The van der Waals surface area contributed by atoms with Crippen molar-refractivity contribution in [1.82, 2.24) is 14.5 Å². The van der Waals surface area contributed by atoms with Gasteiger partial charge in [0.25, 0.3) is 0 Å². The molecule has 2 atom stereocenters. The van der Waals surface area contributed by atoms with E-state index in [-0.39, 0.29) is 25.0 Å². The van der Waals surface area contributed by atoms with Crippen LogP contribution in [0.2, 0.25) is 0 Å². The maximum atomic E-state index is 11.6. The van der Waals surface area contributed by atoms with Crippen molar-refractivity contribution < 1.29 is 9.90 Å². The summed E-state index contributed by atoms with van der Waals surface area (Å²) in [5.74, 6) is -0.274. The molecular formula is C9H12N6O2. The normalized spacial score (nSPS) is 23.5. The van der Waals surface area contributed by atoms with E-state index in [9.17, 15) is 9.90 Å². The van der Waals surface area contributed by atoms with E-state index >= 15 is 0 Å². The Bertz CT molecular complexity index is 438. The highest BCUT2D eigenvalue weighted by molar-refractivity contribution is 5.78. The first-order valence-electron chi connectivity index (χ1n) is 5.16. The van der Waals surface area contributed by atoms with Crippen LogP contribution in [0.4, 0.5) is 0 Å². The lowest BCUT2D eigenvalue weighted by Crippen LogP contribution is -2.31. The van der Waals surface area contributed by atoms with Crippen LogP contribution in [-0.4, -0.2) is 51.2 Å². The number of aliphatic hydroxyl groups is 1. The second kappa shape index (κ2) is 4.86. The summed E-state index contributed by atoms with van der Waals surface area (Å²) >= 11 is 0. The molecule has 0 bridgehead atoms. The van der Waals surface area contributed by atoms with E-state index in [2.05, 4.69) is 15.0 Å². The van der Waals surface area contributed by atoms with Crippen LogP contribution in [0.15, 0.2) is 23.8 Å². The summed E-state index contributed by atoms with van der Waals surface area (Å²) in [5, 5.41) is 13.1. The molecular weight excluding hydrogens is 224 g/mol. The van der Waals surface area contributed by atoms with E-state index in [1.807, 2.05) is 0 Å². The minimum atomic E-state index is -0.626. The first kappa shape index (κ1) is 11.4. The number of likely N-dealkylation sites (tertiary alicyclic amines) is 1. The Hall–Kier alpha value is -2.05. The Morgan fingerprint density at radius 3 is 3.12 bits per heavy atom. The van der Waals surface area contributed by atoms with Gasteiger partial charge < -0.3 is 14.6 Å². The predicted octanol–water partition coefficient (Wildman–Crippen LogP) is -0.0624. The van der Waals surface area contributed by atoms with Crippen molar-refractivity contribution in [3.05, 3.63) is 29.2 Å². The van der Waals surface area contributed by atoms with Crippen LogP contribution in [0, 0.1) is 0 Å². The van der Waals surface area contributed by atoms with Crippen LogP contribution >= 0.6 is 0 Å². The summed E-state index contributed by atoms with van der Waals surface area (Å²) in [6.45, 7) is 0.444. The fourth-order valence-electron chi connectivity index (χ4n) is 1.92. The van der Waals surface area contributed by atoms with Gasteiger partial charge in [0, 0.05) is 30.4 Å². The molecule has 8 nitrogen and oxygen atoms in total. The van der Waals surface area contributed by atoms with Gasteiger partial charge in [-0.25, -0.2) is 4.98 Å². The highest BCUT2D eigenvalue weighted by atomic mass is 16.3. The fourth-order valence-corrected chi connectivity index (χ4v) is 1.92. The van der Waals surface area contributed by atoms with Gasteiger partial charge in [-0.15, -0.1) is 0 Å². The SMILES string of the molecule is [N-]=[N+]=NCC(=O)N1C[C@@H](n2ccnc2)[C@@H](O)C1. The second-order valence-corrected chi connectivity index (χ2v) is 3.83. The van der Waals surface area contributed by atoms with Crippen LogP contribution in [0.1, 0.15) is 6.04 Å². The van der Waals surface area contributed by atoms with Crippen molar-refractivity contribution in [2.45, 2.75) is 12.1 Å². The molecule has 0 aromatic carbocycles. The van der Waals surface area contributed by atoms with Gasteiger partial charge in [-0.2, -0.15) is 0 Å². The van der Waals surface area contributed by atoms with Crippen molar-refractivity contribution in [1.29, 1.82) is 0 Å². The average Bonchev–Trinajstić information content (AvgIpc) is 2.94. The van der Waals surface area contributed by atoms with Gasteiger partial charge >= 0.3 is 0 Å². The lowest BCUT2D eigenvalue weighted by atomic mass is 10.2. The van der Waals surface area contributed by atoms with Crippen LogP contribution in [0.25, 0.3) is 10.4 Å². The van der Waals surface area contributed by atoms with Crippen molar-refractivity contribution in [2.24, 2.45) is 5.11 Å². The molecule has 1 aliphatic rings. The Kier molecular flexibility index (Phi) is 3.27. The number of nitrogens with zero attached hydrogens (tertiary/aromatic N) is 6. The maximum absolute atomic E-state index is 11.6. The molecule has 1 saturated heterocycles. The molecule has 0 radical (unpaired) electrons. The maximum Gasteiger partial charge on any atom is 0.228 e. The van der Waals surface area contributed by atoms with Crippen LogP contribution in [0.3, 0.4) is 0 Å². The van der Waals surface area contributed by atoms with E-state index in [0.717, 1.165) is 0 Å². The second-order valence-electron chi connectivity index (χ2n) is 3.83. The largest absolute Gasteiger partial charge is 0.389 e. The summed E-state index contributed by atoms with van der Waals surface area (Å²) in [5.41, 5.74) is 8.14. The predicted molar refractivity (Wildman–Crippen MR) is 57.9 cm³/mol. The van der Waals surface area contributed by atoms with Gasteiger partial charge in [0.2, 0.25) is 5.91 Å². The van der Waals surface area contributed by atoms with Gasteiger partial charge in [0.05, 0.1) is 18.5 Å². The molecule has 1 aromatic heterocycles. The van der Waals surface area contributed by atoms with Crippen LogP contribution in [0.5, 0.6) is 0 Å². The number of azide groups is 1. The molecule has 2 rings (SSSR count). The van der Waals surface area contributed by atoms with Crippen molar-refractivity contribution in [3.8, 4) is 0 Å². The van der Waals surface area contributed by atoms with Crippen LogP contribution in [-0.2, 0) is 4.79 Å². The third-order valence-corrected chi connectivity index (χ3v) is 2.79. The van der Waals surface area contributed by atoms with Crippen molar-refractivity contribution in [3.63, 3.8) is 0 Å². The zero-order chi connectivity index (χ0) is 12.3. The minimum Gasteiger partial charge on any atom is -0.389 e. The van der Waals surface area contributed by atoms with E-state index in [1.54, 1.807) is 23.3 Å². The number of amides is 1. The molecule has 1 N–H and O–H groups in total. The lowest BCUT2D eigenvalue weighted by Gasteiger charge is -2.15. The van der Waals surface area contributed by atoms with Crippen LogP contribution < -0.4 is 0 Å². The molecule has 17 heavy (non-hydrogen) atoms. The molecule has 90 valence electrons. The number of imidazole rings is 1. The van der Waals surface area contributed by atoms with Gasteiger partial charge in [-0.3, -0.25) is 4.79 Å². The first-order chi connectivity index (χ1) is 8.22. The minimum absolute atomic E-state index is 0.187. The number of β-amino-alcohol motifs (C(OH)–C–C–N with tert-alkyl or cyclic N) is 1. The first-order valence-corrected chi connectivity index (χ1v) is 5.16. The summed E-state index contributed by atoms with van der Waals surface area (Å²) in [4.78, 5) is 19.5. The third kappa shape index (κ3) is 2.38. The van der Waals surface area contributed by atoms with E-state index in [4.69, 9.17) is 5.53 Å². The number of carbonyl (C=O) groups excluding carboxylic acids is 1. The zero-order valence-corrected chi connectivity index (χ0v) is 9.05. The highest BCUT2D eigenvalue weighted by Crippen LogP contribution is 2.21. The lowest BCUT2D eigenvalue weighted by molar-refractivity contribution is -0.129. The molecule has 0 saturated carbocycles. The number of hydrogen-bond acceptors (Lipinski definition) is 4. The van der Waals surface area contributed by atoms with Gasteiger partial charge in [0.15, 0.2) is 0 Å². The Balaban J connectivity index is 2.02. The molecule has 1 amide bonds. The number of hydrogen-bond donors (Lipinski definition) is 1. The van der Waals surface area contributed by atoms with Crippen molar-refractivity contribution >= 4 is 5.91 Å². The number of aromatic nitrogens is 2. The Morgan fingerprint density at radius 1 is 1.65 bits per heavy atom. The topological polar surface area (TPSA) is 107 Å². The molecule has 1 fully saturated rings. The summed E-state index contributed by atoms with van der Waals surface area (Å²) in [6, 6.07) is -0.187. The summed E-state index contributed by atoms with van der Waals surface area (Å²) in [6.07, 6.45) is 4.35. The van der Waals surface area contributed by atoms with E-state index in [0.29, 0.717) is 6.54 Å². The monoisotopic (exact) mass is 236 g/mol. The highest BCUT2D eigenvalue weighted by Gasteiger charge is 2.34. The smallest absolute Gasteiger partial charge is 0.228 e. The molecule has 2 heterocycles. The Labute approximate surface area is 97.1 Å². The third-order valence-electron chi connectivity index (χ3n) is 2.79. The fraction of sp³-hybridized carbons (Fsp3) is 0.556. The quantitative estimate of drug-likeness (QED) is 0.451.